The maximum Gasteiger partial charge on any atom is 0.416 e. The number of carbonyl (C=O) groups is 1. The van der Waals surface area contributed by atoms with E-state index in [4.69, 9.17) is 25.8 Å². The number of hydrogen-bond acceptors (Lipinski definition) is 4. The van der Waals surface area contributed by atoms with Crippen molar-refractivity contribution in [1.82, 2.24) is 0 Å². The van der Waals surface area contributed by atoms with Gasteiger partial charge >= 0.3 is 12.1 Å². The van der Waals surface area contributed by atoms with Gasteiger partial charge < -0.3 is 14.2 Å². The lowest BCUT2D eigenvalue weighted by atomic mass is 10.1. The van der Waals surface area contributed by atoms with Crippen LogP contribution in [0.5, 0.6) is 17.2 Å². The summed E-state index contributed by atoms with van der Waals surface area (Å²) in [7, 11) is 0. The van der Waals surface area contributed by atoms with E-state index >= 15 is 0 Å². The molecular weight excluding hydrogens is 445 g/mol. The third kappa shape index (κ3) is 5.65. The highest BCUT2D eigenvalue weighted by molar-refractivity contribution is 6.32. The second kappa shape index (κ2) is 9.69. The minimum absolute atomic E-state index is 0.0961. The lowest BCUT2D eigenvalue weighted by Gasteiger charge is -2.21. The fourth-order valence-electron chi connectivity index (χ4n) is 3.05. The van der Waals surface area contributed by atoms with Crippen molar-refractivity contribution in [1.29, 1.82) is 0 Å². The maximum absolute atomic E-state index is 12.8. The zero-order valence-electron chi connectivity index (χ0n) is 17.7. The molecule has 3 rings (SSSR count). The molecule has 0 bridgehead atoms. The zero-order chi connectivity index (χ0) is 23.5. The van der Waals surface area contributed by atoms with Crippen LogP contribution in [0.4, 0.5) is 13.2 Å². The molecule has 0 aliphatic rings. The average molecular weight is 467 g/mol. The lowest BCUT2D eigenvalue weighted by Crippen LogP contribution is -2.34. The number of fused-ring (bicyclic) bond motifs is 1. The monoisotopic (exact) mass is 466 g/mol. The third-order valence-electron chi connectivity index (χ3n) is 4.66. The number of alkyl halides is 3. The van der Waals surface area contributed by atoms with Gasteiger partial charge in [0.05, 0.1) is 17.2 Å². The van der Waals surface area contributed by atoms with Crippen molar-refractivity contribution in [2.24, 2.45) is 5.92 Å². The molecule has 0 aliphatic carbocycles. The van der Waals surface area contributed by atoms with Crippen molar-refractivity contribution in [2.75, 3.05) is 6.61 Å². The summed E-state index contributed by atoms with van der Waals surface area (Å²) in [6.07, 6.45) is -5.24. The van der Waals surface area contributed by atoms with Gasteiger partial charge in [0.15, 0.2) is 6.10 Å². The molecule has 4 nitrogen and oxygen atoms in total. The summed E-state index contributed by atoms with van der Waals surface area (Å²) in [6.45, 7) is 5.72. The number of esters is 1. The summed E-state index contributed by atoms with van der Waals surface area (Å²) in [5.41, 5.74) is -0.851. The smallest absolute Gasteiger partial charge is 0.416 e. The van der Waals surface area contributed by atoms with Gasteiger partial charge in [-0.05, 0) is 60.2 Å². The van der Waals surface area contributed by atoms with Crippen LogP contribution in [0.3, 0.4) is 0 Å². The van der Waals surface area contributed by atoms with Crippen molar-refractivity contribution in [2.45, 2.75) is 33.1 Å². The molecule has 0 fully saturated rings. The highest BCUT2D eigenvalue weighted by atomic mass is 35.5. The Hall–Kier alpha value is -2.93. The van der Waals surface area contributed by atoms with Gasteiger partial charge in [0.1, 0.15) is 17.2 Å². The second-order valence-electron chi connectivity index (χ2n) is 7.45. The van der Waals surface area contributed by atoms with Crippen LogP contribution in [-0.2, 0) is 15.7 Å². The van der Waals surface area contributed by atoms with Crippen LogP contribution in [0.25, 0.3) is 10.8 Å². The molecular formula is C24H22ClF3O4. The van der Waals surface area contributed by atoms with Crippen LogP contribution in [-0.4, -0.2) is 18.7 Å². The van der Waals surface area contributed by atoms with E-state index in [0.29, 0.717) is 11.5 Å². The molecule has 0 amide bonds. The normalized spacial score (nSPS) is 12.6. The van der Waals surface area contributed by atoms with Crippen molar-refractivity contribution in [3.8, 4) is 17.2 Å². The van der Waals surface area contributed by atoms with Gasteiger partial charge in [-0.15, -0.1) is 0 Å². The van der Waals surface area contributed by atoms with Crippen LogP contribution in [0.15, 0.2) is 54.6 Å². The first-order valence-corrected chi connectivity index (χ1v) is 10.4. The fraction of sp³-hybridized carbons (Fsp3) is 0.292. The van der Waals surface area contributed by atoms with Crippen molar-refractivity contribution < 1.29 is 32.2 Å². The summed E-state index contributed by atoms with van der Waals surface area (Å²) in [5, 5.41) is 1.50. The van der Waals surface area contributed by atoms with Crippen LogP contribution < -0.4 is 9.47 Å². The minimum Gasteiger partial charge on any atom is -0.478 e. The SMILES string of the molecule is CCOC(=O)C(Oc1ccc2ccc(Oc3ccc(C(F)(F)F)cc3Cl)cc2c1)C(C)C. The van der Waals surface area contributed by atoms with E-state index in [0.717, 1.165) is 22.9 Å². The number of halogens is 4. The van der Waals surface area contributed by atoms with Gasteiger partial charge in [0.25, 0.3) is 0 Å². The summed E-state index contributed by atoms with van der Waals surface area (Å²) in [4.78, 5) is 12.2. The lowest BCUT2D eigenvalue weighted by molar-refractivity contribution is -0.153. The molecule has 32 heavy (non-hydrogen) atoms. The fourth-order valence-corrected chi connectivity index (χ4v) is 3.27. The Morgan fingerprint density at radius 2 is 1.62 bits per heavy atom. The summed E-state index contributed by atoms with van der Waals surface area (Å²) < 4.78 is 55.2. The van der Waals surface area contributed by atoms with Gasteiger partial charge in [-0.3, -0.25) is 0 Å². The Bertz CT molecular complexity index is 1110. The number of ether oxygens (including phenoxy) is 3. The standard InChI is InChI=1S/C24H22ClF3O4/c1-4-30-23(29)22(14(2)3)32-19-9-6-15-5-8-18(11-16(15)12-19)31-21-10-7-17(13-20(21)25)24(26,27)28/h5-14,22H,4H2,1-3H3. The summed E-state index contributed by atoms with van der Waals surface area (Å²) in [6, 6.07) is 13.5. The molecule has 0 saturated heterocycles. The molecule has 8 heteroatoms. The molecule has 3 aromatic rings. The van der Waals surface area contributed by atoms with Gasteiger partial charge in [-0.25, -0.2) is 4.79 Å². The van der Waals surface area contributed by atoms with E-state index in [9.17, 15) is 18.0 Å². The Morgan fingerprint density at radius 3 is 2.22 bits per heavy atom. The molecule has 0 spiro atoms. The second-order valence-corrected chi connectivity index (χ2v) is 7.86. The summed E-state index contributed by atoms with van der Waals surface area (Å²) in [5.74, 6) is 0.447. The first-order chi connectivity index (χ1) is 15.1. The molecule has 0 saturated carbocycles. The van der Waals surface area contributed by atoms with Crippen molar-refractivity contribution in [3.63, 3.8) is 0 Å². The van der Waals surface area contributed by atoms with Crippen LogP contribution >= 0.6 is 11.6 Å². The van der Waals surface area contributed by atoms with E-state index in [1.165, 1.54) is 6.07 Å². The van der Waals surface area contributed by atoms with Gasteiger partial charge in [0, 0.05) is 5.92 Å². The zero-order valence-corrected chi connectivity index (χ0v) is 18.5. The average Bonchev–Trinajstić information content (AvgIpc) is 2.72. The Morgan fingerprint density at radius 1 is 0.969 bits per heavy atom. The van der Waals surface area contributed by atoms with Crippen molar-refractivity contribution >= 4 is 28.3 Å². The molecule has 0 radical (unpaired) electrons. The molecule has 0 heterocycles. The largest absolute Gasteiger partial charge is 0.478 e. The molecule has 170 valence electrons. The first-order valence-electron chi connectivity index (χ1n) is 10.00. The van der Waals surface area contributed by atoms with Gasteiger partial charge in [0.2, 0.25) is 0 Å². The topological polar surface area (TPSA) is 44.8 Å². The van der Waals surface area contributed by atoms with E-state index in [-0.39, 0.29) is 23.3 Å². The predicted octanol–water partition coefficient (Wildman–Crippen LogP) is 7.27. The van der Waals surface area contributed by atoms with E-state index < -0.39 is 23.8 Å². The van der Waals surface area contributed by atoms with Crippen LogP contribution in [0.1, 0.15) is 26.3 Å². The number of carbonyl (C=O) groups excluding carboxylic acids is 1. The number of benzene rings is 3. The minimum atomic E-state index is -4.49. The highest BCUT2D eigenvalue weighted by Crippen LogP contribution is 2.37. The molecule has 1 unspecified atom stereocenters. The van der Waals surface area contributed by atoms with Crippen LogP contribution in [0.2, 0.25) is 5.02 Å². The summed E-state index contributed by atoms with van der Waals surface area (Å²) >= 11 is 5.98. The molecule has 1 atom stereocenters. The van der Waals surface area contributed by atoms with Crippen LogP contribution in [0, 0.1) is 5.92 Å². The van der Waals surface area contributed by atoms with E-state index in [2.05, 4.69) is 0 Å². The van der Waals surface area contributed by atoms with Gasteiger partial charge in [-0.1, -0.05) is 37.6 Å². The first kappa shape index (κ1) is 23.7. The third-order valence-corrected chi connectivity index (χ3v) is 4.95. The predicted molar refractivity (Wildman–Crippen MR) is 116 cm³/mol. The Kier molecular flexibility index (Phi) is 7.19. The highest BCUT2D eigenvalue weighted by Gasteiger charge is 2.31. The molecule has 0 aliphatic heterocycles. The number of hydrogen-bond donors (Lipinski definition) is 0. The molecule has 3 aromatic carbocycles. The van der Waals surface area contributed by atoms with E-state index in [1.807, 2.05) is 19.9 Å². The molecule has 0 aromatic heterocycles. The van der Waals surface area contributed by atoms with Gasteiger partial charge in [-0.2, -0.15) is 13.2 Å². The quantitative estimate of drug-likeness (QED) is 0.343. The maximum atomic E-state index is 12.8. The van der Waals surface area contributed by atoms with Crippen molar-refractivity contribution in [3.05, 3.63) is 65.2 Å². The number of rotatable bonds is 7. The Balaban J connectivity index is 1.84. The molecule has 0 N–H and O–H groups in total. The Labute approximate surface area is 188 Å². The van der Waals surface area contributed by atoms with E-state index in [1.54, 1.807) is 37.3 Å².